The minimum Gasteiger partial charge on any atom is -0.314 e. The van der Waals surface area contributed by atoms with Crippen LogP contribution in [0.4, 0.5) is 0 Å². The summed E-state index contributed by atoms with van der Waals surface area (Å²) in [5.41, 5.74) is 0. The summed E-state index contributed by atoms with van der Waals surface area (Å²) >= 11 is 0. The first-order valence-corrected chi connectivity index (χ1v) is 8.37. The second-order valence-electron chi connectivity index (χ2n) is 5.36. The van der Waals surface area contributed by atoms with Gasteiger partial charge >= 0.3 is 0 Å². The third kappa shape index (κ3) is 3.20. The van der Waals surface area contributed by atoms with Crippen LogP contribution in [0.25, 0.3) is 0 Å². The lowest BCUT2D eigenvalue weighted by Crippen LogP contribution is -2.47. The van der Waals surface area contributed by atoms with Crippen LogP contribution in [0.2, 0.25) is 0 Å². The van der Waals surface area contributed by atoms with Crippen molar-refractivity contribution in [2.45, 2.75) is 43.1 Å². The van der Waals surface area contributed by atoms with Gasteiger partial charge in [0.15, 0.2) is 9.84 Å². The summed E-state index contributed by atoms with van der Waals surface area (Å²) < 4.78 is 24.7. The lowest BCUT2D eigenvalue weighted by atomic mass is 10.3. The molecule has 0 amide bonds. The first-order valence-electron chi connectivity index (χ1n) is 6.76. The Labute approximate surface area is 105 Å². The van der Waals surface area contributed by atoms with Crippen LogP contribution in [0.1, 0.15) is 32.6 Å². The van der Waals surface area contributed by atoms with Crippen LogP contribution in [-0.4, -0.2) is 56.5 Å². The van der Waals surface area contributed by atoms with Crippen molar-refractivity contribution in [3.05, 3.63) is 0 Å². The molecule has 0 radical (unpaired) electrons. The van der Waals surface area contributed by atoms with Crippen molar-refractivity contribution in [3.63, 3.8) is 0 Å². The quantitative estimate of drug-likeness (QED) is 0.806. The van der Waals surface area contributed by atoms with Gasteiger partial charge in [0.25, 0.3) is 0 Å². The van der Waals surface area contributed by atoms with Gasteiger partial charge in [-0.2, -0.15) is 0 Å². The van der Waals surface area contributed by atoms with Crippen LogP contribution in [0, 0.1) is 0 Å². The van der Waals surface area contributed by atoms with Gasteiger partial charge in [-0.15, -0.1) is 0 Å². The van der Waals surface area contributed by atoms with Crippen molar-refractivity contribution in [2.24, 2.45) is 0 Å². The van der Waals surface area contributed by atoms with Crippen LogP contribution in [0.5, 0.6) is 0 Å². The molecule has 1 saturated heterocycles. The molecule has 1 atom stereocenters. The summed E-state index contributed by atoms with van der Waals surface area (Å²) in [5.74, 6) is 0. The summed E-state index contributed by atoms with van der Waals surface area (Å²) in [6.07, 6.45) is 3.94. The fourth-order valence-corrected chi connectivity index (χ4v) is 4.97. The minimum atomic E-state index is -2.90. The van der Waals surface area contributed by atoms with Crippen LogP contribution in [-0.2, 0) is 9.84 Å². The highest BCUT2D eigenvalue weighted by molar-refractivity contribution is 7.92. The largest absolute Gasteiger partial charge is 0.314 e. The number of hydrogen-bond acceptors (Lipinski definition) is 4. The molecule has 1 unspecified atom stereocenters. The van der Waals surface area contributed by atoms with Gasteiger partial charge in [-0.25, -0.2) is 8.42 Å². The molecule has 100 valence electrons. The zero-order valence-electron chi connectivity index (χ0n) is 10.7. The van der Waals surface area contributed by atoms with Gasteiger partial charge in [0.1, 0.15) is 0 Å². The monoisotopic (exact) mass is 260 g/mol. The Kier molecular flexibility index (Phi) is 4.44. The Bertz CT molecular complexity index is 330. The van der Waals surface area contributed by atoms with Gasteiger partial charge in [0, 0.05) is 32.7 Å². The second-order valence-corrected chi connectivity index (χ2v) is 8.01. The van der Waals surface area contributed by atoms with E-state index < -0.39 is 9.84 Å². The van der Waals surface area contributed by atoms with E-state index in [0.29, 0.717) is 6.54 Å². The molecule has 17 heavy (non-hydrogen) atoms. The average molecular weight is 260 g/mol. The highest BCUT2D eigenvalue weighted by Gasteiger charge is 2.34. The highest BCUT2D eigenvalue weighted by atomic mass is 32.2. The zero-order valence-corrected chi connectivity index (χ0v) is 11.5. The number of rotatable bonds is 4. The fraction of sp³-hybridized carbons (Fsp3) is 1.00. The zero-order chi connectivity index (χ0) is 12.3. The van der Waals surface area contributed by atoms with Gasteiger partial charge in [0.2, 0.25) is 0 Å². The Balaban J connectivity index is 1.91. The van der Waals surface area contributed by atoms with E-state index in [-0.39, 0.29) is 10.5 Å². The van der Waals surface area contributed by atoms with Gasteiger partial charge < -0.3 is 5.32 Å². The molecule has 4 nitrogen and oxygen atoms in total. The fourth-order valence-electron chi connectivity index (χ4n) is 2.91. The molecular weight excluding hydrogens is 236 g/mol. The smallest absolute Gasteiger partial charge is 0.156 e. The molecular formula is C12H24N2O2S. The van der Waals surface area contributed by atoms with Crippen molar-refractivity contribution >= 4 is 9.84 Å². The van der Waals surface area contributed by atoms with Crippen molar-refractivity contribution in [2.75, 3.05) is 32.7 Å². The Hall–Kier alpha value is -0.130. The van der Waals surface area contributed by atoms with E-state index in [1.165, 1.54) is 0 Å². The molecule has 5 heteroatoms. The molecule has 0 bridgehead atoms. The number of piperazine rings is 1. The predicted molar refractivity (Wildman–Crippen MR) is 69.9 cm³/mol. The first-order chi connectivity index (χ1) is 8.10. The van der Waals surface area contributed by atoms with Crippen molar-refractivity contribution < 1.29 is 8.42 Å². The third-order valence-corrected chi connectivity index (χ3v) is 6.72. The molecule has 2 aliphatic rings. The number of hydrogen-bond donors (Lipinski definition) is 1. The molecule has 1 N–H and O–H groups in total. The molecule has 1 aliphatic carbocycles. The molecule has 0 spiro atoms. The van der Waals surface area contributed by atoms with Crippen molar-refractivity contribution in [1.82, 2.24) is 10.2 Å². The van der Waals surface area contributed by atoms with E-state index in [1.54, 1.807) is 0 Å². The lowest BCUT2D eigenvalue weighted by molar-refractivity contribution is 0.242. The molecule has 1 aliphatic heterocycles. The Morgan fingerprint density at radius 3 is 2.41 bits per heavy atom. The molecule has 1 heterocycles. The standard InChI is InChI=1S/C12H24N2O2S/c1-11(10-14-8-6-13-7-9-14)17(15,16)12-4-2-3-5-12/h11-13H,2-10H2,1H3. The summed E-state index contributed by atoms with van der Waals surface area (Å²) in [6.45, 7) is 6.51. The van der Waals surface area contributed by atoms with E-state index >= 15 is 0 Å². The average Bonchev–Trinajstić information content (AvgIpc) is 2.84. The van der Waals surface area contributed by atoms with Gasteiger partial charge in [0.05, 0.1) is 10.5 Å². The van der Waals surface area contributed by atoms with E-state index in [0.717, 1.165) is 51.9 Å². The maximum Gasteiger partial charge on any atom is 0.156 e. The topological polar surface area (TPSA) is 49.4 Å². The SMILES string of the molecule is CC(CN1CCNCC1)S(=O)(=O)C1CCCC1. The maximum atomic E-state index is 12.4. The molecule has 2 fully saturated rings. The van der Waals surface area contributed by atoms with Crippen molar-refractivity contribution in [1.29, 1.82) is 0 Å². The minimum absolute atomic E-state index is 0.0552. The summed E-state index contributed by atoms with van der Waals surface area (Å²) in [5, 5.41) is 3.03. The van der Waals surface area contributed by atoms with Crippen LogP contribution in [0.3, 0.4) is 0 Å². The summed E-state index contributed by atoms with van der Waals surface area (Å²) in [7, 11) is -2.90. The van der Waals surface area contributed by atoms with Gasteiger partial charge in [-0.05, 0) is 19.8 Å². The van der Waals surface area contributed by atoms with E-state index in [1.807, 2.05) is 6.92 Å². The molecule has 0 aromatic heterocycles. The molecule has 0 aromatic carbocycles. The van der Waals surface area contributed by atoms with Crippen LogP contribution < -0.4 is 5.32 Å². The molecule has 1 saturated carbocycles. The number of sulfone groups is 1. The van der Waals surface area contributed by atoms with Gasteiger partial charge in [-0.3, -0.25) is 4.90 Å². The normalized spacial score (nSPS) is 26.2. The molecule has 0 aromatic rings. The third-order valence-electron chi connectivity index (χ3n) is 4.05. The Morgan fingerprint density at radius 2 is 1.82 bits per heavy atom. The van der Waals surface area contributed by atoms with Gasteiger partial charge in [-0.1, -0.05) is 12.8 Å². The number of nitrogens with zero attached hydrogens (tertiary/aromatic N) is 1. The van der Waals surface area contributed by atoms with E-state index in [9.17, 15) is 8.42 Å². The van der Waals surface area contributed by atoms with E-state index in [4.69, 9.17) is 0 Å². The predicted octanol–water partition coefficient (Wildman–Crippen LogP) is 0.638. The summed E-state index contributed by atoms with van der Waals surface area (Å²) in [4.78, 5) is 2.27. The second kappa shape index (κ2) is 5.67. The summed E-state index contributed by atoms with van der Waals surface area (Å²) in [6, 6.07) is 0. The highest BCUT2D eigenvalue weighted by Crippen LogP contribution is 2.27. The lowest BCUT2D eigenvalue weighted by Gasteiger charge is -2.30. The maximum absolute atomic E-state index is 12.4. The van der Waals surface area contributed by atoms with Crippen LogP contribution >= 0.6 is 0 Å². The van der Waals surface area contributed by atoms with Crippen molar-refractivity contribution in [3.8, 4) is 0 Å². The van der Waals surface area contributed by atoms with Crippen LogP contribution in [0.15, 0.2) is 0 Å². The first kappa shape index (κ1) is 13.3. The number of nitrogens with one attached hydrogen (secondary N) is 1. The molecule has 2 rings (SSSR count). The van der Waals surface area contributed by atoms with E-state index in [2.05, 4.69) is 10.2 Å². The Morgan fingerprint density at radius 1 is 1.24 bits per heavy atom.